The van der Waals surface area contributed by atoms with Crippen LogP contribution >= 0.6 is 7.26 Å². The van der Waals surface area contributed by atoms with Crippen molar-refractivity contribution in [3.05, 3.63) is 0 Å². The molecule has 0 bridgehead atoms. The molecule has 0 saturated carbocycles. The van der Waals surface area contributed by atoms with Gasteiger partial charge in [0, 0.05) is 7.26 Å². The summed E-state index contributed by atoms with van der Waals surface area (Å²) in [6.45, 7) is 9.46. The van der Waals surface area contributed by atoms with Gasteiger partial charge in [-0.25, -0.2) is 0 Å². The summed E-state index contributed by atoms with van der Waals surface area (Å²) < 4.78 is 0. The van der Waals surface area contributed by atoms with Crippen LogP contribution in [0.25, 0.3) is 0 Å². The molecule has 0 aliphatic heterocycles. The lowest BCUT2D eigenvalue weighted by molar-refractivity contribution is -0.00000266. The van der Waals surface area contributed by atoms with E-state index in [1.54, 1.807) is 6.16 Å². The molecule has 0 aromatic heterocycles. The second-order valence-corrected chi connectivity index (χ2v) is 8.40. The number of hydrogen-bond donors (Lipinski definition) is 0. The Morgan fingerprint density at radius 2 is 1.25 bits per heavy atom. The molecule has 0 aliphatic carbocycles. The summed E-state index contributed by atoms with van der Waals surface area (Å²) in [5.41, 5.74) is 0. The van der Waals surface area contributed by atoms with Crippen LogP contribution in [-0.4, -0.2) is 24.6 Å². The first kappa shape index (κ1) is 15.4. The van der Waals surface area contributed by atoms with Crippen molar-refractivity contribution in [2.75, 3.05) is 24.6 Å². The summed E-state index contributed by atoms with van der Waals surface area (Å²) in [7, 11) is -0.455. The number of unbranched alkanes of at least 4 members (excludes halogenated alkanes) is 1. The standard InChI is InChI=1S/C10H24P.BrH/c1-5-9-10-11(6-2,7-3)8-4;/h5-10H2,1-4H3;1H/q+1;/p-1. The van der Waals surface area contributed by atoms with Gasteiger partial charge in [0.15, 0.2) is 0 Å². The molecule has 2 heteroatoms. The van der Waals surface area contributed by atoms with Gasteiger partial charge in [0.05, 0.1) is 24.6 Å². The molecule has 0 N–H and O–H groups in total. The van der Waals surface area contributed by atoms with Crippen LogP contribution < -0.4 is 17.0 Å². The Morgan fingerprint density at radius 3 is 1.50 bits per heavy atom. The predicted molar refractivity (Wildman–Crippen MR) is 58.3 cm³/mol. The lowest BCUT2D eigenvalue weighted by Gasteiger charge is -2.23. The third kappa shape index (κ3) is 4.82. The van der Waals surface area contributed by atoms with Crippen LogP contribution in [-0.2, 0) is 0 Å². The number of hydrogen-bond acceptors (Lipinski definition) is 0. The number of halogens is 1. The molecule has 0 fully saturated rings. The maximum atomic E-state index is 2.39. The van der Waals surface area contributed by atoms with E-state index in [1.165, 1.54) is 31.3 Å². The molecule has 0 atom stereocenters. The summed E-state index contributed by atoms with van der Waals surface area (Å²) in [6, 6.07) is 0. The molecule has 0 radical (unpaired) electrons. The molecule has 0 aromatic rings. The molecule has 0 unspecified atom stereocenters. The van der Waals surface area contributed by atoms with Gasteiger partial charge in [-0.2, -0.15) is 0 Å². The minimum Gasteiger partial charge on any atom is -1.00 e. The highest BCUT2D eigenvalue weighted by molar-refractivity contribution is 7.75. The van der Waals surface area contributed by atoms with E-state index in [0.29, 0.717) is 0 Å². The molecule has 0 aromatic carbocycles. The molecule has 0 aliphatic rings. The minimum atomic E-state index is -0.455. The van der Waals surface area contributed by atoms with Crippen LogP contribution in [0.5, 0.6) is 0 Å². The van der Waals surface area contributed by atoms with E-state index in [4.69, 9.17) is 0 Å². The lowest BCUT2D eigenvalue weighted by Crippen LogP contribution is -3.00. The lowest BCUT2D eigenvalue weighted by atomic mass is 10.4. The SMILES string of the molecule is CCCC[P+](CC)(CC)CC.[Br-]. The molecule has 76 valence electrons. The molecule has 0 amide bonds. The molecule has 0 rings (SSSR count). The van der Waals surface area contributed by atoms with Gasteiger partial charge < -0.3 is 17.0 Å². The van der Waals surface area contributed by atoms with Crippen LogP contribution in [0.3, 0.4) is 0 Å². The first-order valence-corrected chi connectivity index (χ1v) is 7.62. The monoisotopic (exact) mass is 254 g/mol. The van der Waals surface area contributed by atoms with Gasteiger partial charge in [0.1, 0.15) is 0 Å². The average Bonchev–Trinajstić information content (AvgIpc) is 2.08. The van der Waals surface area contributed by atoms with Crippen molar-refractivity contribution < 1.29 is 17.0 Å². The van der Waals surface area contributed by atoms with Gasteiger partial charge in [-0.1, -0.05) is 13.3 Å². The maximum absolute atomic E-state index is 2.39. The van der Waals surface area contributed by atoms with Crippen molar-refractivity contribution in [1.82, 2.24) is 0 Å². The minimum absolute atomic E-state index is 0. The predicted octanol–water partition coefficient (Wildman–Crippen LogP) is 0.868. The van der Waals surface area contributed by atoms with Gasteiger partial charge in [-0.05, 0) is 27.2 Å². The summed E-state index contributed by atoms with van der Waals surface area (Å²) in [5.74, 6) is 0. The number of rotatable bonds is 6. The van der Waals surface area contributed by atoms with E-state index >= 15 is 0 Å². The summed E-state index contributed by atoms with van der Waals surface area (Å²) >= 11 is 0. The van der Waals surface area contributed by atoms with E-state index < -0.39 is 7.26 Å². The van der Waals surface area contributed by atoms with E-state index in [1.807, 2.05) is 0 Å². The van der Waals surface area contributed by atoms with E-state index in [0.717, 1.165) is 0 Å². The summed E-state index contributed by atoms with van der Waals surface area (Å²) in [6.07, 6.45) is 8.80. The van der Waals surface area contributed by atoms with E-state index in [-0.39, 0.29) is 17.0 Å². The fraction of sp³-hybridized carbons (Fsp3) is 1.00. The molecular formula is C10H24BrP. The highest BCUT2D eigenvalue weighted by Crippen LogP contribution is 2.58. The van der Waals surface area contributed by atoms with Crippen LogP contribution in [0.15, 0.2) is 0 Å². The van der Waals surface area contributed by atoms with Crippen LogP contribution in [0.2, 0.25) is 0 Å². The highest BCUT2D eigenvalue weighted by Gasteiger charge is 2.29. The maximum Gasteiger partial charge on any atom is 0.0593 e. The van der Waals surface area contributed by atoms with Crippen molar-refractivity contribution in [3.8, 4) is 0 Å². The van der Waals surface area contributed by atoms with Crippen molar-refractivity contribution in [1.29, 1.82) is 0 Å². The van der Waals surface area contributed by atoms with Crippen molar-refractivity contribution >= 4 is 7.26 Å². The van der Waals surface area contributed by atoms with Crippen molar-refractivity contribution in [2.45, 2.75) is 40.5 Å². The van der Waals surface area contributed by atoms with Crippen LogP contribution in [0.1, 0.15) is 40.5 Å². The summed E-state index contributed by atoms with van der Waals surface area (Å²) in [4.78, 5) is 0. The fourth-order valence-corrected chi connectivity index (χ4v) is 4.92. The second-order valence-electron chi connectivity index (χ2n) is 3.37. The Labute approximate surface area is 89.6 Å². The van der Waals surface area contributed by atoms with Gasteiger partial charge >= 0.3 is 0 Å². The normalized spacial score (nSPS) is 11.0. The Kier molecular flexibility index (Phi) is 10.9. The average molecular weight is 255 g/mol. The van der Waals surface area contributed by atoms with Crippen molar-refractivity contribution in [2.24, 2.45) is 0 Å². The Hall–Kier alpha value is 0.910. The summed E-state index contributed by atoms with van der Waals surface area (Å²) in [5, 5.41) is 0. The molecule has 0 spiro atoms. The van der Waals surface area contributed by atoms with Crippen LogP contribution in [0.4, 0.5) is 0 Å². The van der Waals surface area contributed by atoms with Gasteiger partial charge in [-0.15, -0.1) is 0 Å². The first-order valence-electron chi connectivity index (χ1n) is 5.09. The van der Waals surface area contributed by atoms with E-state index in [2.05, 4.69) is 27.7 Å². The zero-order valence-electron chi connectivity index (χ0n) is 9.07. The Bertz CT molecular complexity index is 81.6. The third-order valence-corrected chi connectivity index (χ3v) is 8.29. The fourth-order valence-electron chi connectivity index (χ4n) is 1.64. The largest absolute Gasteiger partial charge is 1.00 e. The smallest absolute Gasteiger partial charge is 0.0593 e. The topological polar surface area (TPSA) is 0 Å². The Balaban J connectivity index is 0. The van der Waals surface area contributed by atoms with E-state index in [9.17, 15) is 0 Å². The quantitative estimate of drug-likeness (QED) is 0.618. The molecule has 0 nitrogen and oxygen atoms in total. The highest BCUT2D eigenvalue weighted by atomic mass is 79.9. The van der Waals surface area contributed by atoms with Gasteiger partial charge in [-0.3, -0.25) is 0 Å². The van der Waals surface area contributed by atoms with Gasteiger partial charge in [0.2, 0.25) is 0 Å². The molecule has 0 saturated heterocycles. The second kappa shape index (κ2) is 8.51. The molecular weight excluding hydrogens is 231 g/mol. The van der Waals surface area contributed by atoms with Crippen molar-refractivity contribution in [3.63, 3.8) is 0 Å². The molecule has 0 heterocycles. The zero-order valence-corrected chi connectivity index (χ0v) is 11.5. The van der Waals surface area contributed by atoms with Gasteiger partial charge in [0.25, 0.3) is 0 Å². The first-order chi connectivity index (χ1) is 5.24. The molecule has 12 heavy (non-hydrogen) atoms. The van der Waals surface area contributed by atoms with Crippen LogP contribution in [0, 0.1) is 0 Å². The zero-order chi connectivity index (χ0) is 8.74. The Morgan fingerprint density at radius 1 is 0.833 bits per heavy atom. The third-order valence-electron chi connectivity index (χ3n) is 3.00.